The fraction of sp³-hybridized carbons (Fsp3) is 0.355. The van der Waals surface area contributed by atoms with E-state index in [0.29, 0.717) is 19.4 Å². The summed E-state index contributed by atoms with van der Waals surface area (Å²) in [6.07, 6.45) is 2.61. The minimum absolute atomic E-state index is 0.107. The van der Waals surface area contributed by atoms with Crippen LogP contribution in [0.25, 0.3) is 0 Å². The smallest absolute Gasteiger partial charge is 0.243 e. The standard InChI is InChI=1S/C31H38BrN3O4S/c1-3-4-20-33-31(37)29(23-25-13-7-5-8-14-25)35(24-26-15-11-16-27(32)22-26)30(36)19-12-21-34(2)40(38,39)28-17-9-6-10-18-28/h5-11,13-18,22,29H,3-4,12,19-21,23-24H2,1-2H3,(H,33,37). The fourth-order valence-electron chi connectivity index (χ4n) is 4.38. The first-order chi connectivity index (χ1) is 19.2. The van der Waals surface area contributed by atoms with Gasteiger partial charge in [0.1, 0.15) is 6.04 Å². The summed E-state index contributed by atoms with van der Waals surface area (Å²) in [6.45, 7) is 3.04. The van der Waals surface area contributed by atoms with E-state index in [1.807, 2.05) is 54.6 Å². The van der Waals surface area contributed by atoms with E-state index in [2.05, 4.69) is 28.2 Å². The highest BCUT2D eigenvalue weighted by atomic mass is 79.9. The number of carbonyl (C=O) groups is 2. The van der Waals surface area contributed by atoms with Gasteiger partial charge in [0.15, 0.2) is 0 Å². The molecule has 0 fully saturated rings. The number of amides is 2. The van der Waals surface area contributed by atoms with Gasteiger partial charge in [-0.2, -0.15) is 0 Å². The van der Waals surface area contributed by atoms with E-state index in [1.165, 1.54) is 11.4 Å². The average molecular weight is 629 g/mol. The third-order valence-corrected chi connectivity index (χ3v) is 9.02. The molecular weight excluding hydrogens is 590 g/mol. The van der Waals surface area contributed by atoms with E-state index in [4.69, 9.17) is 0 Å². The Hall–Kier alpha value is -3.01. The van der Waals surface area contributed by atoms with Gasteiger partial charge < -0.3 is 10.2 Å². The Kier molecular flexibility index (Phi) is 12.4. The highest BCUT2D eigenvalue weighted by Crippen LogP contribution is 2.20. The van der Waals surface area contributed by atoms with Gasteiger partial charge in [0.25, 0.3) is 0 Å². The minimum atomic E-state index is -3.65. The van der Waals surface area contributed by atoms with Crippen molar-refractivity contribution in [3.05, 3.63) is 101 Å². The topological polar surface area (TPSA) is 86.8 Å². The number of nitrogens with one attached hydrogen (secondary N) is 1. The molecule has 3 rings (SSSR count). The summed E-state index contributed by atoms with van der Waals surface area (Å²) in [4.78, 5) is 29.1. The number of nitrogens with zero attached hydrogens (tertiary/aromatic N) is 2. The van der Waals surface area contributed by atoms with Crippen LogP contribution in [0, 0.1) is 0 Å². The van der Waals surface area contributed by atoms with Crippen molar-refractivity contribution >= 4 is 37.8 Å². The quantitative estimate of drug-likeness (QED) is 0.228. The van der Waals surface area contributed by atoms with Crippen LogP contribution < -0.4 is 5.32 Å². The van der Waals surface area contributed by atoms with Crippen LogP contribution >= 0.6 is 15.9 Å². The molecule has 7 nitrogen and oxygen atoms in total. The molecule has 0 aliphatic carbocycles. The lowest BCUT2D eigenvalue weighted by Gasteiger charge is -2.32. The first kappa shape index (κ1) is 31.5. The van der Waals surface area contributed by atoms with Crippen molar-refractivity contribution in [1.29, 1.82) is 0 Å². The molecule has 0 aliphatic heterocycles. The Morgan fingerprint density at radius 2 is 1.55 bits per heavy atom. The average Bonchev–Trinajstić information content (AvgIpc) is 2.95. The Morgan fingerprint density at radius 3 is 2.20 bits per heavy atom. The number of benzene rings is 3. The summed E-state index contributed by atoms with van der Waals surface area (Å²) >= 11 is 3.50. The minimum Gasteiger partial charge on any atom is -0.354 e. The van der Waals surface area contributed by atoms with Gasteiger partial charge in [0.05, 0.1) is 4.90 Å². The molecule has 1 unspecified atom stereocenters. The third kappa shape index (κ3) is 9.28. The number of sulfonamides is 1. The lowest BCUT2D eigenvalue weighted by Crippen LogP contribution is -2.50. The lowest BCUT2D eigenvalue weighted by atomic mass is 10.0. The van der Waals surface area contributed by atoms with Gasteiger partial charge in [-0.1, -0.05) is 89.9 Å². The molecule has 1 atom stereocenters. The number of carbonyl (C=O) groups excluding carboxylic acids is 2. The van der Waals surface area contributed by atoms with Crippen LogP contribution in [-0.2, 0) is 32.6 Å². The van der Waals surface area contributed by atoms with Crippen LogP contribution in [0.4, 0.5) is 0 Å². The largest absolute Gasteiger partial charge is 0.354 e. The zero-order valence-electron chi connectivity index (χ0n) is 23.1. The SMILES string of the molecule is CCCCNC(=O)C(Cc1ccccc1)N(Cc1cccc(Br)c1)C(=O)CCCN(C)S(=O)(=O)c1ccccc1. The Bertz CT molecular complexity index is 1340. The van der Waals surface area contributed by atoms with Crippen LogP contribution in [-0.4, -0.2) is 55.6 Å². The summed E-state index contributed by atoms with van der Waals surface area (Å²) in [5, 5.41) is 3.02. The van der Waals surface area contributed by atoms with Crippen molar-refractivity contribution < 1.29 is 18.0 Å². The molecule has 0 heterocycles. The molecule has 0 saturated carbocycles. The molecule has 0 aliphatic rings. The summed E-state index contributed by atoms with van der Waals surface area (Å²) in [5.74, 6) is -0.388. The van der Waals surface area contributed by atoms with E-state index in [9.17, 15) is 18.0 Å². The van der Waals surface area contributed by atoms with Crippen LogP contribution in [0.5, 0.6) is 0 Å². The molecule has 0 radical (unpaired) electrons. The summed E-state index contributed by atoms with van der Waals surface area (Å²) in [7, 11) is -2.14. The molecule has 0 aromatic heterocycles. The van der Waals surface area contributed by atoms with Crippen molar-refractivity contribution in [3.63, 3.8) is 0 Å². The second-order valence-electron chi connectivity index (χ2n) is 9.74. The molecular formula is C31H38BrN3O4S. The van der Waals surface area contributed by atoms with Gasteiger partial charge >= 0.3 is 0 Å². The summed E-state index contributed by atoms with van der Waals surface area (Å²) < 4.78 is 28.0. The molecule has 1 N–H and O–H groups in total. The maximum atomic E-state index is 13.8. The maximum absolute atomic E-state index is 13.8. The van der Waals surface area contributed by atoms with Gasteiger partial charge in [0.2, 0.25) is 21.8 Å². The fourth-order valence-corrected chi connectivity index (χ4v) is 6.06. The summed E-state index contributed by atoms with van der Waals surface area (Å²) in [6, 6.07) is 24.9. The molecule has 214 valence electrons. The maximum Gasteiger partial charge on any atom is 0.243 e. The van der Waals surface area contributed by atoms with Gasteiger partial charge in [-0.05, 0) is 48.2 Å². The van der Waals surface area contributed by atoms with Crippen LogP contribution in [0.15, 0.2) is 94.3 Å². The predicted octanol–water partition coefficient (Wildman–Crippen LogP) is 5.41. The molecule has 9 heteroatoms. The monoisotopic (exact) mass is 627 g/mol. The normalized spacial score (nSPS) is 12.2. The molecule has 40 heavy (non-hydrogen) atoms. The molecule has 3 aromatic rings. The predicted molar refractivity (Wildman–Crippen MR) is 162 cm³/mol. The third-order valence-electron chi connectivity index (χ3n) is 6.66. The Labute approximate surface area is 246 Å². The van der Waals surface area contributed by atoms with Crippen molar-refractivity contribution in [2.45, 2.75) is 56.5 Å². The highest BCUT2D eigenvalue weighted by molar-refractivity contribution is 9.10. The van der Waals surface area contributed by atoms with E-state index in [-0.39, 0.29) is 36.2 Å². The Balaban J connectivity index is 1.81. The molecule has 3 aromatic carbocycles. The molecule has 2 amide bonds. The Morgan fingerprint density at radius 1 is 0.900 bits per heavy atom. The van der Waals surface area contributed by atoms with E-state index in [1.54, 1.807) is 35.2 Å². The van der Waals surface area contributed by atoms with Crippen LogP contribution in [0.3, 0.4) is 0 Å². The lowest BCUT2D eigenvalue weighted by molar-refractivity contribution is -0.141. The molecule has 0 spiro atoms. The van der Waals surface area contributed by atoms with E-state index >= 15 is 0 Å². The van der Waals surface area contributed by atoms with Gasteiger partial charge in [-0.15, -0.1) is 0 Å². The van der Waals surface area contributed by atoms with Crippen LogP contribution in [0.2, 0.25) is 0 Å². The number of halogens is 1. The van der Waals surface area contributed by atoms with E-state index < -0.39 is 16.1 Å². The van der Waals surface area contributed by atoms with Crippen molar-refractivity contribution in [1.82, 2.24) is 14.5 Å². The van der Waals surface area contributed by atoms with Crippen LogP contribution in [0.1, 0.15) is 43.7 Å². The van der Waals surface area contributed by atoms with Crippen molar-refractivity contribution in [2.24, 2.45) is 0 Å². The first-order valence-corrected chi connectivity index (χ1v) is 15.8. The highest BCUT2D eigenvalue weighted by Gasteiger charge is 2.30. The van der Waals surface area contributed by atoms with E-state index in [0.717, 1.165) is 28.4 Å². The van der Waals surface area contributed by atoms with Crippen molar-refractivity contribution in [3.8, 4) is 0 Å². The molecule has 0 bridgehead atoms. The number of unbranched alkanes of at least 4 members (excludes halogenated alkanes) is 1. The zero-order chi connectivity index (χ0) is 29.0. The second-order valence-corrected chi connectivity index (χ2v) is 12.7. The second kappa shape index (κ2) is 15.7. The zero-order valence-corrected chi connectivity index (χ0v) is 25.5. The summed E-state index contributed by atoms with van der Waals surface area (Å²) in [5.41, 5.74) is 1.85. The number of hydrogen-bond acceptors (Lipinski definition) is 4. The van der Waals surface area contributed by atoms with Gasteiger partial charge in [-0.25, -0.2) is 12.7 Å². The van der Waals surface area contributed by atoms with Crippen molar-refractivity contribution in [2.75, 3.05) is 20.1 Å². The van der Waals surface area contributed by atoms with Gasteiger partial charge in [0, 0.05) is 44.0 Å². The number of rotatable bonds is 15. The molecule has 0 saturated heterocycles. The van der Waals surface area contributed by atoms with Gasteiger partial charge in [-0.3, -0.25) is 9.59 Å². The first-order valence-electron chi connectivity index (χ1n) is 13.6. The number of hydrogen-bond donors (Lipinski definition) is 1.